The van der Waals surface area contributed by atoms with Gasteiger partial charge in [-0.15, -0.1) is 0 Å². The van der Waals surface area contributed by atoms with E-state index in [4.69, 9.17) is 20.9 Å². The first-order chi connectivity index (χ1) is 12.1. The highest BCUT2D eigenvalue weighted by Gasteiger charge is 2.08. The number of nitrogens with zero attached hydrogens (tertiary/aromatic N) is 1. The van der Waals surface area contributed by atoms with Gasteiger partial charge in [0.25, 0.3) is 0 Å². The second kappa shape index (κ2) is 7.85. The molecular formula is C19H17ClN2O3. The number of hydrogen-bond donors (Lipinski definition) is 1. The van der Waals surface area contributed by atoms with Gasteiger partial charge in [0.15, 0.2) is 0 Å². The summed E-state index contributed by atoms with van der Waals surface area (Å²) in [5.41, 5.74) is 2.34. The lowest BCUT2D eigenvalue weighted by Gasteiger charge is -2.08. The molecule has 0 saturated carbocycles. The fourth-order valence-electron chi connectivity index (χ4n) is 2.25. The van der Waals surface area contributed by atoms with Crippen LogP contribution in [0.3, 0.4) is 0 Å². The topological polar surface area (TPSA) is 64.4 Å². The Morgan fingerprint density at radius 3 is 2.52 bits per heavy atom. The largest absolute Gasteiger partial charge is 0.489 e. The molecule has 0 aliphatic heterocycles. The molecule has 5 nitrogen and oxygen atoms in total. The standard InChI is InChI=1S/C19H17ClN2O3/c1-13-10-17(22-25-13)11-19(23)21-16-6-8-18(9-7-16)24-12-14-2-4-15(20)5-3-14/h2-10H,11-12H2,1H3,(H,21,23). The number of halogens is 1. The third-order valence-electron chi connectivity index (χ3n) is 3.48. The molecule has 3 aromatic rings. The van der Waals surface area contributed by atoms with Crippen LogP contribution in [0.25, 0.3) is 0 Å². The monoisotopic (exact) mass is 356 g/mol. The lowest BCUT2D eigenvalue weighted by Crippen LogP contribution is -2.14. The molecule has 0 aliphatic carbocycles. The molecule has 1 heterocycles. The zero-order valence-corrected chi connectivity index (χ0v) is 14.4. The third kappa shape index (κ3) is 5.09. The summed E-state index contributed by atoms with van der Waals surface area (Å²) in [6.07, 6.45) is 0.173. The smallest absolute Gasteiger partial charge is 0.230 e. The van der Waals surface area contributed by atoms with Crippen LogP contribution in [0, 0.1) is 6.92 Å². The van der Waals surface area contributed by atoms with E-state index >= 15 is 0 Å². The van der Waals surface area contributed by atoms with Crippen molar-refractivity contribution in [3.05, 3.63) is 76.6 Å². The van der Waals surface area contributed by atoms with Gasteiger partial charge in [-0.2, -0.15) is 0 Å². The van der Waals surface area contributed by atoms with E-state index < -0.39 is 0 Å². The predicted molar refractivity (Wildman–Crippen MR) is 95.8 cm³/mol. The average Bonchev–Trinajstić information content (AvgIpc) is 3.00. The first-order valence-electron chi connectivity index (χ1n) is 7.78. The lowest BCUT2D eigenvalue weighted by atomic mass is 10.2. The van der Waals surface area contributed by atoms with Gasteiger partial charge in [0, 0.05) is 16.8 Å². The Morgan fingerprint density at radius 2 is 1.88 bits per heavy atom. The molecule has 6 heteroatoms. The van der Waals surface area contributed by atoms with E-state index in [1.807, 2.05) is 36.4 Å². The number of ether oxygens (including phenoxy) is 1. The van der Waals surface area contributed by atoms with Crippen molar-refractivity contribution in [3.63, 3.8) is 0 Å². The minimum atomic E-state index is -0.150. The van der Waals surface area contributed by atoms with E-state index in [1.165, 1.54) is 0 Å². The minimum absolute atomic E-state index is 0.150. The van der Waals surface area contributed by atoms with Crippen molar-refractivity contribution < 1.29 is 14.1 Å². The molecule has 2 aromatic carbocycles. The molecular weight excluding hydrogens is 340 g/mol. The third-order valence-corrected chi connectivity index (χ3v) is 3.73. The van der Waals surface area contributed by atoms with Crippen LogP contribution in [0.1, 0.15) is 17.0 Å². The highest BCUT2D eigenvalue weighted by atomic mass is 35.5. The first kappa shape index (κ1) is 17.0. The zero-order chi connectivity index (χ0) is 17.6. The van der Waals surface area contributed by atoms with Crippen molar-refractivity contribution in [2.24, 2.45) is 0 Å². The number of carbonyl (C=O) groups is 1. The van der Waals surface area contributed by atoms with Crippen LogP contribution < -0.4 is 10.1 Å². The maximum absolute atomic E-state index is 12.0. The number of aromatic nitrogens is 1. The van der Waals surface area contributed by atoms with E-state index in [0.29, 0.717) is 28.8 Å². The molecule has 0 radical (unpaired) electrons. The molecule has 0 atom stereocenters. The number of benzene rings is 2. The summed E-state index contributed by atoms with van der Waals surface area (Å²) in [5.74, 6) is 1.26. The normalized spacial score (nSPS) is 10.5. The molecule has 0 fully saturated rings. The summed E-state index contributed by atoms with van der Waals surface area (Å²) in [6, 6.07) is 16.5. The average molecular weight is 357 g/mol. The van der Waals surface area contributed by atoms with Crippen LogP contribution in [0.2, 0.25) is 5.02 Å². The second-order valence-electron chi connectivity index (χ2n) is 5.59. The molecule has 0 bridgehead atoms. The summed E-state index contributed by atoms with van der Waals surface area (Å²) in [7, 11) is 0. The summed E-state index contributed by atoms with van der Waals surface area (Å²) in [5, 5.41) is 7.32. The highest BCUT2D eigenvalue weighted by Crippen LogP contribution is 2.18. The van der Waals surface area contributed by atoms with Gasteiger partial charge in [0.2, 0.25) is 5.91 Å². The van der Waals surface area contributed by atoms with Crippen LogP contribution in [0.5, 0.6) is 5.75 Å². The van der Waals surface area contributed by atoms with Crippen LogP contribution in [-0.2, 0) is 17.8 Å². The van der Waals surface area contributed by atoms with Crippen LogP contribution in [0.4, 0.5) is 5.69 Å². The number of amides is 1. The quantitative estimate of drug-likeness (QED) is 0.711. The maximum Gasteiger partial charge on any atom is 0.230 e. The van der Waals surface area contributed by atoms with Gasteiger partial charge in [-0.25, -0.2) is 0 Å². The zero-order valence-electron chi connectivity index (χ0n) is 13.7. The van der Waals surface area contributed by atoms with Crippen molar-refractivity contribution in [2.45, 2.75) is 20.0 Å². The maximum atomic E-state index is 12.0. The van der Waals surface area contributed by atoms with Crippen molar-refractivity contribution in [1.82, 2.24) is 5.16 Å². The van der Waals surface area contributed by atoms with Crippen molar-refractivity contribution in [1.29, 1.82) is 0 Å². The highest BCUT2D eigenvalue weighted by molar-refractivity contribution is 6.30. The molecule has 0 spiro atoms. The number of anilines is 1. The van der Waals surface area contributed by atoms with Crippen molar-refractivity contribution in [2.75, 3.05) is 5.32 Å². The molecule has 1 aromatic heterocycles. The first-order valence-corrected chi connectivity index (χ1v) is 8.15. The number of carbonyl (C=O) groups excluding carboxylic acids is 1. The van der Waals surface area contributed by atoms with Crippen molar-refractivity contribution in [3.8, 4) is 5.75 Å². The van der Waals surface area contributed by atoms with Gasteiger partial charge in [-0.1, -0.05) is 28.9 Å². The lowest BCUT2D eigenvalue weighted by molar-refractivity contribution is -0.115. The predicted octanol–water partition coefficient (Wildman–Crippen LogP) is 4.40. The van der Waals surface area contributed by atoms with Crippen LogP contribution in [-0.4, -0.2) is 11.1 Å². The van der Waals surface area contributed by atoms with E-state index in [2.05, 4.69) is 10.5 Å². The molecule has 3 rings (SSSR count). The number of rotatable bonds is 6. The van der Waals surface area contributed by atoms with Gasteiger partial charge in [0.05, 0.1) is 12.1 Å². The number of aryl methyl sites for hydroxylation is 1. The van der Waals surface area contributed by atoms with Gasteiger partial charge in [-0.3, -0.25) is 4.79 Å². The molecule has 1 amide bonds. The minimum Gasteiger partial charge on any atom is -0.489 e. The Labute approximate surface area is 150 Å². The Morgan fingerprint density at radius 1 is 1.16 bits per heavy atom. The van der Waals surface area contributed by atoms with Gasteiger partial charge in [0.1, 0.15) is 18.1 Å². The molecule has 128 valence electrons. The van der Waals surface area contributed by atoms with Gasteiger partial charge >= 0.3 is 0 Å². The fourth-order valence-corrected chi connectivity index (χ4v) is 2.38. The molecule has 25 heavy (non-hydrogen) atoms. The van der Waals surface area contributed by atoms with E-state index in [9.17, 15) is 4.79 Å². The van der Waals surface area contributed by atoms with Crippen LogP contribution in [0.15, 0.2) is 59.1 Å². The number of hydrogen-bond acceptors (Lipinski definition) is 4. The van der Waals surface area contributed by atoms with Gasteiger partial charge in [-0.05, 0) is 48.9 Å². The molecule has 0 aliphatic rings. The summed E-state index contributed by atoms with van der Waals surface area (Å²) in [6.45, 7) is 2.24. The summed E-state index contributed by atoms with van der Waals surface area (Å²) in [4.78, 5) is 12.0. The van der Waals surface area contributed by atoms with E-state index in [0.717, 1.165) is 11.3 Å². The Hall–Kier alpha value is -2.79. The second-order valence-corrected chi connectivity index (χ2v) is 6.03. The van der Waals surface area contributed by atoms with Gasteiger partial charge < -0.3 is 14.6 Å². The van der Waals surface area contributed by atoms with Crippen LogP contribution >= 0.6 is 11.6 Å². The Balaban J connectivity index is 1.51. The molecule has 1 N–H and O–H groups in total. The van der Waals surface area contributed by atoms with Crippen molar-refractivity contribution >= 4 is 23.2 Å². The molecule has 0 unspecified atom stereocenters. The van der Waals surface area contributed by atoms with E-state index in [-0.39, 0.29) is 12.3 Å². The molecule has 0 saturated heterocycles. The SMILES string of the molecule is Cc1cc(CC(=O)Nc2ccc(OCc3ccc(Cl)cc3)cc2)no1. The summed E-state index contributed by atoms with van der Waals surface area (Å²) >= 11 is 5.86. The Kier molecular flexibility index (Phi) is 5.36. The Bertz CT molecular complexity index is 842. The summed E-state index contributed by atoms with van der Waals surface area (Å²) < 4.78 is 10.7. The fraction of sp³-hybridized carbons (Fsp3) is 0.158. The number of nitrogens with one attached hydrogen (secondary N) is 1. The van der Waals surface area contributed by atoms with E-state index in [1.54, 1.807) is 25.1 Å².